The Hall–Kier alpha value is -2.61. The van der Waals surface area contributed by atoms with Crippen molar-refractivity contribution in [1.29, 1.82) is 0 Å². The number of carbonyl (C=O) groups excluding carboxylic acids is 1. The number of ether oxygens (including phenoxy) is 1. The van der Waals surface area contributed by atoms with E-state index in [1.165, 1.54) is 31.5 Å². The quantitative estimate of drug-likeness (QED) is 0.555. The molecule has 0 amide bonds. The second kappa shape index (κ2) is 5.79. The van der Waals surface area contributed by atoms with Crippen LogP contribution in [0.2, 0.25) is 5.28 Å². The number of hydrogen-bond acceptors (Lipinski definition) is 4. The molecule has 124 valence electrons. The van der Waals surface area contributed by atoms with Gasteiger partial charge >= 0.3 is 12.1 Å². The number of fused-ring (bicyclic) bond motifs is 1. The van der Waals surface area contributed by atoms with Crippen molar-refractivity contribution >= 4 is 28.5 Å². The summed E-state index contributed by atoms with van der Waals surface area (Å²) in [5.74, 6) is -0.547. The number of nitrogens with one attached hydrogen (secondary N) is 1. The van der Waals surface area contributed by atoms with Crippen molar-refractivity contribution in [2.45, 2.75) is 6.18 Å². The molecule has 1 aromatic carbocycles. The number of aromatic nitrogens is 3. The molecule has 0 atom stereocenters. The van der Waals surface area contributed by atoms with Gasteiger partial charge < -0.3 is 9.72 Å². The second-order valence-corrected chi connectivity index (χ2v) is 5.19. The van der Waals surface area contributed by atoms with Gasteiger partial charge in [0.15, 0.2) is 0 Å². The number of hydrogen-bond donors (Lipinski definition) is 1. The second-order valence-electron chi connectivity index (χ2n) is 4.85. The predicted molar refractivity (Wildman–Crippen MR) is 80.7 cm³/mol. The van der Waals surface area contributed by atoms with Crippen molar-refractivity contribution in [3.63, 3.8) is 0 Å². The molecule has 0 aliphatic rings. The molecule has 2 aromatic heterocycles. The lowest BCUT2D eigenvalue weighted by Crippen LogP contribution is -2.09. The Morgan fingerprint density at radius 1 is 1.33 bits per heavy atom. The average Bonchev–Trinajstić information content (AvgIpc) is 2.95. The Bertz CT molecular complexity index is 937. The minimum atomic E-state index is -4.63. The molecule has 0 aliphatic heterocycles. The van der Waals surface area contributed by atoms with Crippen LogP contribution >= 0.6 is 11.6 Å². The van der Waals surface area contributed by atoms with Gasteiger partial charge in [-0.15, -0.1) is 0 Å². The van der Waals surface area contributed by atoms with Gasteiger partial charge in [-0.25, -0.2) is 14.8 Å². The van der Waals surface area contributed by atoms with Gasteiger partial charge in [-0.1, -0.05) is 6.07 Å². The topological polar surface area (TPSA) is 67.9 Å². The van der Waals surface area contributed by atoms with Crippen molar-refractivity contribution in [2.75, 3.05) is 7.11 Å². The number of halogens is 4. The highest BCUT2D eigenvalue weighted by molar-refractivity contribution is 6.28. The third kappa shape index (κ3) is 2.80. The molecule has 0 saturated heterocycles. The van der Waals surface area contributed by atoms with E-state index in [1.807, 2.05) is 0 Å². The third-order valence-electron chi connectivity index (χ3n) is 3.42. The van der Waals surface area contributed by atoms with E-state index in [1.54, 1.807) is 0 Å². The maximum absolute atomic E-state index is 13.2. The monoisotopic (exact) mass is 355 g/mol. The molecule has 2 heterocycles. The summed E-state index contributed by atoms with van der Waals surface area (Å²) >= 11 is 5.66. The van der Waals surface area contributed by atoms with Gasteiger partial charge in [0.1, 0.15) is 5.56 Å². The maximum Gasteiger partial charge on any atom is 0.419 e. The van der Waals surface area contributed by atoms with Crippen LogP contribution in [0.4, 0.5) is 13.2 Å². The molecule has 24 heavy (non-hydrogen) atoms. The number of H-pyrrole nitrogens is 1. The van der Waals surface area contributed by atoms with Crippen LogP contribution in [0.5, 0.6) is 0 Å². The summed E-state index contributed by atoms with van der Waals surface area (Å²) in [6.45, 7) is 0. The maximum atomic E-state index is 13.2. The Labute approximate surface area is 138 Å². The fourth-order valence-electron chi connectivity index (χ4n) is 2.34. The van der Waals surface area contributed by atoms with E-state index in [9.17, 15) is 18.0 Å². The minimum absolute atomic E-state index is 0.207. The largest absolute Gasteiger partial charge is 0.465 e. The lowest BCUT2D eigenvalue weighted by atomic mass is 10.0. The van der Waals surface area contributed by atoms with Gasteiger partial charge in [0, 0.05) is 28.9 Å². The summed E-state index contributed by atoms with van der Waals surface area (Å²) < 4.78 is 44.2. The van der Waals surface area contributed by atoms with Gasteiger partial charge in [-0.05, 0) is 23.7 Å². The molecule has 0 saturated carbocycles. The molecule has 0 radical (unpaired) electrons. The first kappa shape index (κ1) is 16.3. The molecule has 0 bridgehead atoms. The smallest absolute Gasteiger partial charge is 0.419 e. The van der Waals surface area contributed by atoms with Crippen LogP contribution in [0.3, 0.4) is 0 Å². The normalized spacial score (nSPS) is 11.7. The lowest BCUT2D eigenvalue weighted by molar-refractivity contribution is -0.137. The zero-order chi connectivity index (χ0) is 17.5. The number of benzene rings is 1. The molecular formula is C15H9ClF3N3O2. The van der Waals surface area contributed by atoms with E-state index in [-0.39, 0.29) is 22.1 Å². The number of nitrogens with zero attached hydrogens (tertiary/aromatic N) is 2. The molecule has 0 fully saturated rings. The van der Waals surface area contributed by atoms with Crippen molar-refractivity contribution < 1.29 is 22.7 Å². The SMILES string of the molecule is COC(=O)c1ccc2c(-c3nc(Cl)ncc3C(F)(F)F)c[nH]c2c1. The van der Waals surface area contributed by atoms with E-state index >= 15 is 0 Å². The molecule has 3 rings (SSSR count). The zero-order valence-electron chi connectivity index (χ0n) is 12.1. The number of rotatable bonds is 2. The lowest BCUT2D eigenvalue weighted by Gasteiger charge is -2.11. The van der Waals surface area contributed by atoms with E-state index in [2.05, 4.69) is 19.7 Å². The van der Waals surface area contributed by atoms with Gasteiger partial charge in [-0.3, -0.25) is 0 Å². The first-order valence-corrected chi connectivity index (χ1v) is 6.98. The summed E-state index contributed by atoms with van der Waals surface area (Å²) in [4.78, 5) is 21.5. The highest BCUT2D eigenvalue weighted by Crippen LogP contribution is 2.38. The minimum Gasteiger partial charge on any atom is -0.465 e. The van der Waals surface area contributed by atoms with Crippen molar-refractivity contribution in [2.24, 2.45) is 0 Å². The molecule has 9 heteroatoms. The number of methoxy groups -OCH3 is 1. The van der Waals surface area contributed by atoms with Crippen LogP contribution in [0.15, 0.2) is 30.6 Å². The fraction of sp³-hybridized carbons (Fsp3) is 0.133. The number of aromatic amines is 1. The standard InChI is InChI=1S/C15H9ClF3N3O2/c1-24-13(23)7-2-3-8-9(5-20-11(8)4-7)12-10(15(17,18)19)6-21-14(16)22-12/h2-6,20H,1H3. The van der Waals surface area contributed by atoms with E-state index in [0.29, 0.717) is 17.1 Å². The first-order chi connectivity index (χ1) is 11.3. The molecule has 1 N–H and O–H groups in total. The van der Waals surface area contributed by atoms with Crippen LogP contribution in [0.25, 0.3) is 22.2 Å². The Morgan fingerprint density at radius 3 is 2.75 bits per heavy atom. The fourth-order valence-corrected chi connectivity index (χ4v) is 2.47. The van der Waals surface area contributed by atoms with Gasteiger partial charge in [0.05, 0.1) is 18.4 Å². The molecule has 0 spiro atoms. The molecule has 0 aliphatic carbocycles. The van der Waals surface area contributed by atoms with Crippen LogP contribution < -0.4 is 0 Å². The average molecular weight is 356 g/mol. The highest BCUT2D eigenvalue weighted by Gasteiger charge is 2.36. The number of esters is 1. The summed E-state index contributed by atoms with van der Waals surface area (Å²) in [6.07, 6.45) is -2.61. The summed E-state index contributed by atoms with van der Waals surface area (Å²) in [5.41, 5.74) is -0.381. The zero-order valence-corrected chi connectivity index (χ0v) is 12.9. The van der Waals surface area contributed by atoms with E-state index < -0.39 is 17.7 Å². The van der Waals surface area contributed by atoms with Gasteiger partial charge in [0.2, 0.25) is 5.28 Å². The van der Waals surface area contributed by atoms with Gasteiger partial charge in [-0.2, -0.15) is 13.2 Å². The summed E-state index contributed by atoms with van der Waals surface area (Å²) in [5, 5.41) is 0.168. The third-order valence-corrected chi connectivity index (χ3v) is 3.60. The number of alkyl halides is 3. The Kier molecular flexibility index (Phi) is 3.92. The van der Waals surface area contributed by atoms with Gasteiger partial charge in [0.25, 0.3) is 0 Å². The van der Waals surface area contributed by atoms with Crippen LogP contribution in [0.1, 0.15) is 15.9 Å². The first-order valence-electron chi connectivity index (χ1n) is 6.61. The Morgan fingerprint density at radius 2 is 2.08 bits per heavy atom. The van der Waals surface area contributed by atoms with E-state index in [0.717, 1.165) is 0 Å². The molecule has 0 unspecified atom stereocenters. The Balaban J connectivity index is 2.21. The summed E-state index contributed by atoms with van der Waals surface area (Å²) in [6, 6.07) is 4.46. The van der Waals surface area contributed by atoms with Crippen LogP contribution in [-0.4, -0.2) is 28.0 Å². The van der Waals surface area contributed by atoms with Crippen molar-refractivity contribution in [3.8, 4) is 11.3 Å². The van der Waals surface area contributed by atoms with Crippen LogP contribution in [0, 0.1) is 0 Å². The predicted octanol–water partition coefficient (Wildman–Crippen LogP) is 4.08. The van der Waals surface area contributed by atoms with E-state index in [4.69, 9.17) is 11.6 Å². The highest BCUT2D eigenvalue weighted by atomic mass is 35.5. The summed E-state index contributed by atoms with van der Waals surface area (Å²) in [7, 11) is 1.24. The number of carbonyl (C=O) groups is 1. The van der Waals surface area contributed by atoms with Crippen molar-refractivity contribution in [1.82, 2.24) is 15.0 Å². The van der Waals surface area contributed by atoms with Crippen molar-refractivity contribution in [3.05, 3.63) is 47.0 Å². The molecule has 5 nitrogen and oxygen atoms in total. The molecular weight excluding hydrogens is 347 g/mol. The molecule has 3 aromatic rings. The van der Waals surface area contributed by atoms with Crippen LogP contribution in [-0.2, 0) is 10.9 Å².